The fraction of sp³-hybridized carbons (Fsp3) is 0.588. The van der Waals surface area contributed by atoms with Crippen LogP contribution in [-0.2, 0) is 17.6 Å². The predicted octanol–water partition coefficient (Wildman–Crippen LogP) is 1.49. The molecule has 0 unspecified atom stereocenters. The number of nitrogens with zero attached hydrogens (tertiary/aromatic N) is 1. The van der Waals surface area contributed by atoms with Crippen LogP contribution in [0.2, 0.25) is 0 Å². The number of benzene rings is 1. The Morgan fingerprint density at radius 3 is 2.70 bits per heavy atom. The lowest BCUT2D eigenvalue weighted by Gasteiger charge is -2.26. The van der Waals surface area contributed by atoms with Crippen LogP contribution < -0.4 is 10.5 Å². The summed E-state index contributed by atoms with van der Waals surface area (Å²) in [5.74, 6) is 0.886. The van der Waals surface area contributed by atoms with Crippen molar-refractivity contribution in [1.82, 2.24) is 4.90 Å². The van der Waals surface area contributed by atoms with Gasteiger partial charge in [0.25, 0.3) is 5.91 Å². The van der Waals surface area contributed by atoms with E-state index in [2.05, 4.69) is 12.1 Å². The van der Waals surface area contributed by atoms with Gasteiger partial charge in [-0.2, -0.15) is 0 Å². The Morgan fingerprint density at radius 1 is 1.22 bits per heavy atom. The third kappa shape index (κ3) is 5.09. The first kappa shape index (κ1) is 19.7. The van der Waals surface area contributed by atoms with Crippen LogP contribution in [0.3, 0.4) is 0 Å². The molecule has 5 nitrogen and oxygen atoms in total. The van der Waals surface area contributed by atoms with Gasteiger partial charge in [0.05, 0.1) is 0 Å². The number of halogens is 1. The van der Waals surface area contributed by atoms with E-state index in [1.165, 1.54) is 17.5 Å². The Labute approximate surface area is 143 Å². The molecule has 1 aliphatic carbocycles. The highest BCUT2D eigenvalue weighted by molar-refractivity contribution is 5.85. The number of carbonyl (C=O) groups excluding carboxylic acids is 1. The number of hydrogen-bond acceptors (Lipinski definition) is 3. The van der Waals surface area contributed by atoms with Crippen LogP contribution in [0, 0.1) is 0 Å². The van der Waals surface area contributed by atoms with Crippen LogP contribution in [0.1, 0.15) is 36.8 Å². The molecule has 23 heavy (non-hydrogen) atoms. The second kappa shape index (κ2) is 9.11. The van der Waals surface area contributed by atoms with Crippen molar-refractivity contribution in [3.05, 3.63) is 29.3 Å². The highest BCUT2D eigenvalue weighted by Gasteiger charge is 2.18. The van der Waals surface area contributed by atoms with Crippen molar-refractivity contribution in [2.24, 2.45) is 5.73 Å². The number of likely N-dealkylation sites (tertiary alicyclic amines) is 1. The lowest BCUT2D eigenvalue weighted by Crippen LogP contribution is -2.38. The summed E-state index contributed by atoms with van der Waals surface area (Å²) >= 11 is 0. The molecule has 1 fully saturated rings. The summed E-state index contributed by atoms with van der Waals surface area (Å²) in [6, 6.07) is 6.39. The Bertz CT molecular complexity index is 519. The van der Waals surface area contributed by atoms with E-state index in [4.69, 9.17) is 10.5 Å². The van der Waals surface area contributed by atoms with E-state index in [1.807, 2.05) is 11.0 Å². The number of nitrogens with two attached hydrogens (primary N) is 1. The summed E-state index contributed by atoms with van der Waals surface area (Å²) in [5, 5.41) is 0. The molecule has 1 atom stereocenters. The summed E-state index contributed by atoms with van der Waals surface area (Å²) in [6.07, 6.45) is 6.47. The topological polar surface area (TPSA) is 87.1 Å². The highest BCUT2D eigenvalue weighted by Crippen LogP contribution is 2.25. The zero-order valence-corrected chi connectivity index (χ0v) is 14.2. The average Bonchev–Trinajstić information content (AvgIpc) is 2.53. The van der Waals surface area contributed by atoms with Gasteiger partial charge in [0.1, 0.15) is 5.75 Å². The van der Waals surface area contributed by atoms with Gasteiger partial charge in [-0.05, 0) is 61.8 Å². The van der Waals surface area contributed by atoms with Crippen molar-refractivity contribution >= 4 is 18.3 Å². The van der Waals surface area contributed by atoms with E-state index in [9.17, 15) is 4.79 Å². The highest BCUT2D eigenvalue weighted by atomic mass is 35.5. The molecule has 0 saturated carbocycles. The monoisotopic (exact) mass is 342 g/mol. The molecule has 0 radical (unpaired) electrons. The van der Waals surface area contributed by atoms with Crippen LogP contribution in [0.5, 0.6) is 5.75 Å². The van der Waals surface area contributed by atoms with E-state index in [-0.39, 0.29) is 36.4 Å². The standard InChI is InChI=1S/C17H24N2O2.ClH.H2O/c18-15-6-4-13-5-7-16(11-14(13)10-15)21-12-17(20)19-8-2-1-3-9-19;;/h5,7,11,15H,1-4,6,8-10,12,18H2;1H;1H2/t15-;;/m0../s1. The molecule has 1 aromatic carbocycles. The number of hydrogen-bond donors (Lipinski definition) is 1. The van der Waals surface area contributed by atoms with Crippen molar-refractivity contribution in [1.29, 1.82) is 0 Å². The molecule has 1 heterocycles. The molecule has 1 saturated heterocycles. The predicted molar refractivity (Wildman–Crippen MR) is 93.2 cm³/mol. The van der Waals surface area contributed by atoms with Crippen LogP contribution in [0.4, 0.5) is 0 Å². The molecule has 0 spiro atoms. The summed E-state index contributed by atoms with van der Waals surface area (Å²) in [7, 11) is 0. The molecule has 6 heteroatoms. The average molecular weight is 343 g/mol. The molecular formula is C17H27ClN2O3. The Kier molecular flexibility index (Phi) is 7.82. The SMILES string of the molecule is Cl.N[C@H]1CCc2ccc(OCC(=O)N3CCCCC3)cc2C1.O. The summed E-state index contributed by atoms with van der Waals surface area (Å²) in [5.41, 5.74) is 8.66. The number of carbonyl (C=O) groups is 1. The van der Waals surface area contributed by atoms with Crippen molar-refractivity contribution in [3.8, 4) is 5.75 Å². The third-order valence-electron chi connectivity index (χ3n) is 4.52. The van der Waals surface area contributed by atoms with E-state index in [0.717, 1.165) is 50.9 Å². The second-order valence-electron chi connectivity index (χ2n) is 6.16. The molecule has 1 amide bonds. The third-order valence-corrected chi connectivity index (χ3v) is 4.52. The minimum Gasteiger partial charge on any atom is -0.484 e. The minimum absolute atomic E-state index is 0. The van der Waals surface area contributed by atoms with Crippen LogP contribution in [-0.4, -0.2) is 42.0 Å². The fourth-order valence-electron chi connectivity index (χ4n) is 3.23. The molecule has 4 N–H and O–H groups in total. The van der Waals surface area contributed by atoms with Gasteiger partial charge in [0, 0.05) is 19.1 Å². The van der Waals surface area contributed by atoms with Gasteiger partial charge in [-0.3, -0.25) is 4.79 Å². The summed E-state index contributed by atoms with van der Waals surface area (Å²) < 4.78 is 5.69. The molecule has 0 aromatic heterocycles. The zero-order valence-electron chi connectivity index (χ0n) is 13.4. The first-order valence-corrected chi connectivity index (χ1v) is 8.00. The molecule has 1 aliphatic heterocycles. The largest absolute Gasteiger partial charge is 0.484 e. The molecule has 2 aliphatic rings. The second-order valence-corrected chi connectivity index (χ2v) is 6.16. The summed E-state index contributed by atoms with van der Waals surface area (Å²) in [6.45, 7) is 1.90. The Morgan fingerprint density at radius 2 is 1.96 bits per heavy atom. The number of fused-ring (bicyclic) bond motifs is 1. The smallest absolute Gasteiger partial charge is 0.260 e. The molecule has 3 rings (SSSR count). The van der Waals surface area contributed by atoms with Gasteiger partial charge in [0.2, 0.25) is 0 Å². The quantitative estimate of drug-likeness (QED) is 0.902. The lowest BCUT2D eigenvalue weighted by atomic mass is 9.89. The maximum Gasteiger partial charge on any atom is 0.260 e. The van der Waals surface area contributed by atoms with Gasteiger partial charge in [-0.1, -0.05) is 6.07 Å². The van der Waals surface area contributed by atoms with Gasteiger partial charge >= 0.3 is 0 Å². The van der Waals surface area contributed by atoms with Gasteiger partial charge in [0.15, 0.2) is 6.61 Å². The number of rotatable bonds is 3. The normalized spacial score (nSPS) is 19.9. The van der Waals surface area contributed by atoms with Crippen LogP contribution >= 0.6 is 12.4 Å². The number of piperidine rings is 1. The minimum atomic E-state index is 0. The fourth-order valence-corrected chi connectivity index (χ4v) is 3.23. The van der Waals surface area contributed by atoms with E-state index >= 15 is 0 Å². The van der Waals surface area contributed by atoms with Crippen molar-refractivity contribution < 1.29 is 15.0 Å². The van der Waals surface area contributed by atoms with Crippen molar-refractivity contribution in [2.75, 3.05) is 19.7 Å². The maximum absolute atomic E-state index is 12.1. The van der Waals surface area contributed by atoms with Crippen LogP contribution in [0.25, 0.3) is 0 Å². The lowest BCUT2D eigenvalue weighted by molar-refractivity contribution is -0.134. The van der Waals surface area contributed by atoms with Crippen molar-refractivity contribution in [2.45, 2.75) is 44.6 Å². The first-order chi connectivity index (χ1) is 10.2. The van der Waals surface area contributed by atoms with Gasteiger partial charge in [-0.15, -0.1) is 12.4 Å². The van der Waals surface area contributed by atoms with Crippen LogP contribution in [0.15, 0.2) is 18.2 Å². The molecule has 0 bridgehead atoms. The molecular weight excluding hydrogens is 316 g/mol. The Balaban J connectivity index is 0.00000132. The van der Waals surface area contributed by atoms with Gasteiger partial charge < -0.3 is 20.8 Å². The number of aryl methyl sites for hydroxylation is 1. The van der Waals surface area contributed by atoms with E-state index in [1.54, 1.807) is 0 Å². The summed E-state index contributed by atoms with van der Waals surface area (Å²) in [4.78, 5) is 14.0. The Hall–Kier alpha value is -1.30. The zero-order chi connectivity index (χ0) is 14.7. The van der Waals surface area contributed by atoms with E-state index in [0.29, 0.717) is 0 Å². The maximum atomic E-state index is 12.1. The number of ether oxygens (including phenoxy) is 1. The number of amides is 1. The molecule has 130 valence electrons. The van der Waals surface area contributed by atoms with Crippen molar-refractivity contribution in [3.63, 3.8) is 0 Å². The molecule has 1 aromatic rings. The first-order valence-electron chi connectivity index (χ1n) is 8.00. The van der Waals surface area contributed by atoms with Gasteiger partial charge in [-0.25, -0.2) is 0 Å². The van der Waals surface area contributed by atoms with E-state index < -0.39 is 0 Å².